The van der Waals surface area contributed by atoms with Gasteiger partial charge in [0, 0.05) is 31.5 Å². The first kappa shape index (κ1) is 12.8. The van der Waals surface area contributed by atoms with Crippen molar-refractivity contribution in [3.05, 3.63) is 24.0 Å². The van der Waals surface area contributed by atoms with Gasteiger partial charge in [0.05, 0.1) is 12.7 Å². The van der Waals surface area contributed by atoms with E-state index in [2.05, 4.69) is 10.3 Å². The summed E-state index contributed by atoms with van der Waals surface area (Å²) in [6.45, 7) is 6.68. The van der Waals surface area contributed by atoms with E-state index in [1.165, 1.54) is 0 Å². The Balaban J connectivity index is 2.10. The van der Waals surface area contributed by atoms with Gasteiger partial charge in [-0.1, -0.05) is 0 Å². The molecule has 0 radical (unpaired) electrons. The Hall–Kier alpha value is -1.62. The molecular weight excluding hydrogens is 230 g/mol. The van der Waals surface area contributed by atoms with Crippen molar-refractivity contribution in [1.29, 1.82) is 0 Å². The molecule has 1 unspecified atom stereocenters. The average Bonchev–Trinajstić information content (AvgIpc) is 2.39. The van der Waals surface area contributed by atoms with Crippen molar-refractivity contribution in [2.45, 2.75) is 20.0 Å². The minimum Gasteiger partial charge on any atom is -0.385 e. The van der Waals surface area contributed by atoms with Crippen LogP contribution in [0, 0.1) is 0 Å². The van der Waals surface area contributed by atoms with Crippen LogP contribution in [0.25, 0.3) is 0 Å². The predicted molar refractivity (Wildman–Crippen MR) is 69.7 cm³/mol. The maximum atomic E-state index is 12.3. The fourth-order valence-electron chi connectivity index (χ4n) is 2.03. The van der Waals surface area contributed by atoms with Crippen molar-refractivity contribution >= 4 is 11.6 Å². The molecule has 0 aromatic carbocycles. The molecule has 2 rings (SSSR count). The van der Waals surface area contributed by atoms with Crippen LogP contribution in [0.1, 0.15) is 24.3 Å². The van der Waals surface area contributed by atoms with E-state index in [1.807, 2.05) is 19.9 Å². The van der Waals surface area contributed by atoms with Crippen molar-refractivity contribution in [1.82, 2.24) is 9.88 Å². The molecule has 1 aromatic rings. The quantitative estimate of drug-likeness (QED) is 0.879. The lowest BCUT2D eigenvalue weighted by Crippen LogP contribution is -2.44. The fraction of sp³-hybridized carbons (Fsp3) is 0.538. The van der Waals surface area contributed by atoms with Gasteiger partial charge in [0.1, 0.15) is 5.69 Å². The molecule has 2 heterocycles. The van der Waals surface area contributed by atoms with E-state index < -0.39 is 0 Å². The van der Waals surface area contributed by atoms with Crippen molar-refractivity contribution in [3.63, 3.8) is 0 Å². The van der Waals surface area contributed by atoms with Gasteiger partial charge in [0.15, 0.2) is 0 Å². The summed E-state index contributed by atoms with van der Waals surface area (Å²) in [5.41, 5.74) is 1.42. The first-order valence-corrected chi connectivity index (χ1v) is 6.31. The summed E-state index contributed by atoms with van der Waals surface area (Å²) >= 11 is 0. The van der Waals surface area contributed by atoms with Gasteiger partial charge in [-0.05, 0) is 26.0 Å². The second kappa shape index (κ2) is 5.82. The Labute approximate surface area is 107 Å². The molecule has 0 saturated carbocycles. The van der Waals surface area contributed by atoms with Crippen LogP contribution >= 0.6 is 0 Å². The fourth-order valence-corrected chi connectivity index (χ4v) is 2.03. The van der Waals surface area contributed by atoms with Crippen molar-refractivity contribution in [2.24, 2.45) is 0 Å². The number of carbonyl (C=O) groups is 1. The summed E-state index contributed by atoms with van der Waals surface area (Å²) in [7, 11) is 0. The molecule has 1 amide bonds. The third-order valence-electron chi connectivity index (χ3n) is 2.89. The molecular formula is C13H19N3O2. The van der Waals surface area contributed by atoms with Crippen LogP contribution in [0.15, 0.2) is 18.3 Å². The lowest BCUT2D eigenvalue weighted by atomic mass is 10.2. The molecule has 1 atom stereocenters. The predicted octanol–water partition coefficient (Wildman–Crippen LogP) is 1.37. The molecule has 5 heteroatoms. The van der Waals surface area contributed by atoms with E-state index >= 15 is 0 Å². The first-order chi connectivity index (χ1) is 8.70. The smallest absolute Gasteiger partial charge is 0.272 e. The van der Waals surface area contributed by atoms with E-state index in [1.54, 1.807) is 17.2 Å². The van der Waals surface area contributed by atoms with Crippen LogP contribution in [-0.4, -0.2) is 48.1 Å². The number of pyridine rings is 1. The van der Waals surface area contributed by atoms with Gasteiger partial charge in [-0.15, -0.1) is 0 Å². The number of carbonyl (C=O) groups excluding carboxylic acids is 1. The molecule has 1 aliphatic heterocycles. The lowest BCUT2D eigenvalue weighted by molar-refractivity contribution is -0.0126. The van der Waals surface area contributed by atoms with Gasteiger partial charge in [-0.25, -0.2) is 0 Å². The third kappa shape index (κ3) is 2.98. The van der Waals surface area contributed by atoms with E-state index in [0.717, 1.165) is 12.2 Å². The Morgan fingerprint density at radius 2 is 2.50 bits per heavy atom. The van der Waals surface area contributed by atoms with E-state index in [4.69, 9.17) is 4.74 Å². The molecule has 18 heavy (non-hydrogen) atoms. The zero-order chi connectivity index (χ0) is 13.0. The van der Waals surface area contributed by atoms with Crippen LogP contribution in [-0.2, 0) is 4.74 Å². The number of ether oxygens (including phenoxy) is 1. The Kier molecular flexibility index (Phi) is 4.15. The standard InChI is InChI=1S/C13H19N3O2/c1-3-14-11-4-5-15-12(8-11)13(17)16-6-7-18-10(2)9-16/h4-5,8,10H,3,6-7,9H2,1-2H3,(H,14,15). The lowest BCUT2D eigenvalue weighted by Gasteiger charge is -2.30. The van der Waals surface area contributed by atoms with E-state index in [0.29, 0.717) is 25.4 Å². The van der Waals surface area contributed by atoms with Crippen LogP contribution in [0.4, 0.5) is 5.69 Å². The van der Waals surface area contributed by atoms with Crippen LogP contribution in [0.5, 0.6) is 0 Å². The summed E-state index contributed by atoms with van der Waals surface area (Å²) < 4.78 is 5.43. The molecule has 0 bridgehead atoms. The highest BCUT2D eigenvalue weighted by Gasteiger charge is 2.23. The zero-order valence-electron chi connectivity index (χ0n) is 10.8. The van der Waals surface area contributed by atoms with E-state index in [-0.39, 0.29) is 12.0 Å². The molecule has 0 spiro atoms. The Morgan fingerprint density at radius 3 is 3.22 bits per heavy atom. The van der Waals surface area contributed by atoms with Gasteiger partial charge >= 0.3 is 0 Å². The Bertz CT molecular complexity index is 422. The highest BCUT2D eigenvalue weighted by molar-refractivity contribution is 5.93. The maximum Gasteiger partial charge on any atom is 0.272 e. The van der Waals surface area contributed by atoms with Crippen LogP contribution < -0.4 is 5.32 Å². The van der Waals surface area contributed by atoms with Crippen molar-refractivity contribution < 1.29 is 9.53 Å². The highest BCUT2D eigenvalue weighted by Crippen LogP contribution is 2.12. The molecule has 1 fully saturated rings. The molecule has 1 aliphatic rings. The van der Waals surface area contributed by atoms with Gasteiger partial charge < -0.3 is 15.0 Å². The number of hydrogen-bond donors (Lipinski definition) is 1. The summed E-state index contributed by atoms with van der Waals surface area (Å²) in [5, 5.41) is 3.18. The monoisotopic (exact) mass is 249 g/mol. The molecule has 1 saturated heterocycles. The second-order valence-electron chi connectivity index (χ2n) is 4.39. The molecule has 1 aromatic heterocycles. The van der Waals surface area contributed by atoms with Gasteiger partial charge in [-0.3, -0.25) is 9.78 Å². The first-order valence-electron chi connectivity index (χ1n) is 6.31. The highest BCUT2D eigenvalue weighted by atomic mass is 16.5. The average molecular weight is 249 g/mol. The topological polar surface area (TPSA) is 54.5 Å². The van der Waals surface area contributed by atoms with Gasteiger partial charge in [-0.2, -0.15) is 0 Å². The maximum absolute atomic E-state index is 12.3. The number of rotatable bonds is 3. The molecule has 5 nitrogen and oxygen atoms in total. The number of hydrogen-bond acceptors (Lipinski definition) is 4. The second-order valence-corrected chi connectivity index (χ2v) is 4.39. The summed E-state index contributed by atoms with van der Waals surface area (Å²) in [6, 6.07) is 3.66. The van der Waals surface area contributed by atoms with E-state index in [9.17, 15) is 4.79 Å². The molecule has 1 N–H and O–H groups in total. The largest absolute Gasteiger partial charge is 0.385 e. The zero-order valence-corrected chi connectivity index (χ0v) is 10.8. The number of nitrogens with one attached hydrogen (secondary N) is 1. The number of aromatic nitrogens is 1. The number of morpholine rings is 1. The van der Waals surface area contributed by atoms with Crippen LogP contribution in [0.2, 0.25) is 0 Å². The summed E-state index contributed by atoms with van der Waals surface area (Å²) in [6.07, 6.45) is 1.76. The number of anilines is 1. The summed E-state index contributed by atoms with van der Waals surface area (Å²) in [4.78, 5) is 18.2. The van der Waals surface area contributed by atoms with Gasteiger partial charge in [0.25, 0.3) is 5.91 Å². The molecule has 0 aliphatic carbocycles. The van der Waals surface area contributed by atoms with Crippen molar-refractivity contribution in [2.75, 3.05) is 31.6 Å². The van der Waals surface area contributed by atoms with Gasteiger partial charge in [0.2, 0.25) is 0 Å². The minimum atomic E-state index is -0.0232. The van der Waals surface area contributed by atoms with Crippen molar-refractivity contribution in [3.8, 4) is 0 Å². The SMILES string of the molecule is CCNc1ccnc(C(=O)N2CCOC(C)C2)c1. The third-order valence-corrected chi connectivity index (χ3v) is 2.89. The molecule has 98 valence electrons. The number of nitrogens with zero attached hydrogens (tertiary/aromatic N) is 2. The summed E-state index contributed by atoms with van der Waals surface area (Å²) in [5.74, 6) is -0.0232. The minimum absolute atomic E-state index is 0.0232. The van der Waals surface area contributed by atoms with Crippen LogP contribution in [0.3, 0.4) is 0 Å². The normalized spacial score (nSPS) is 19.7. The Morgan fingerprint density at radius 1 is 1.67 bits per heavy atom. The number of amides is 1.